The van der Waals surface area contributed by atoms with Crippen molar-refractivity contribution in [2.45, 2.75) is 0 Å². The second kappa shape index (κ2) is 2.95. The van der Waals surface area contributed by atoms with Crippen molar-refractivity contribution in [1.29, 1.82) is 0 Å². The molecule has 1 aromatic carbocycles. The van der Waals surface area contributed by atoms with Crippen molar-refractivity contribution in [2.24, 2.45) is 7.05 Å². The Labute approximate surface area is 86.8 Å². The smallest absolute Gasteiger partial charge is 0.215 e. The molecule has 0 bridgehead atoms. The van der Waals surface area contributed by atoms with Crippen LogP contribution in [0.4, 0.5) is 0 Å². The molecule has 0 atom stereocenters. The quantitative estimate of drug-likeness (QED) is 0.597. The van der Waals surface area contributed by atoms with Crippen LogP contribution in [0.3, 0.4) is 0 Å². The van der Waals surface area contributed by atoms with Gasteiger partial charge >= 0.3 is 0 Å². The predicted molar refractivity (Wildman–Crippen MR) is 57.8 cm³/mol. The monoisotopic (exact) mass is 198 g/mol. The van der Waals surface area contributed by atoms with E-state index in [9.17, 15) is 0 Å². The normalized spacial score (nSPS) is 11.0. The van der Waals surface area contributed by atoms with Crippen LogP contribution in [0.5, 0.6) is 0 Å². The van der Waals surface area contributed by atoms with E-state index in [1.807, 2.05) is 46.6 Å². The van der Waals surface area contributed by atoms with Crippen molar-refractivity contribution in [3.8, 4) is 5.95 Å². The SMILES string of the molecule is Cn1ccnc1-n1cnc2ccccc21. The van der Waals surface area contributed by atoms with Crippen molar-refractivity contribution < 1.29 is 0 Å². The van der Waals surface area contributed by atoms with Crippen LogP contribution in [-0.4, -0.2) is 19.1 Å². The fraction of sp³-hybridized carbons (Fsp3) is 0.0909. The van der Waals surface area contributed by atoms with Gasteiger partial charge in [0.1, 0.15) is 6.33 Å². The predicted octanol–water partition coefficient (Wildman–Crippen LogP) is 1.76. The molecule has 0 fully saturated rings. The van der Waals surface area contributed by atoms with Crippen molar-refractivity contribution in [3.05, 3.63) is 43.0 Å². The molecule has 0 amide bonds. The number of hydrogen-bond acceptors (Lipinski definition) is 2. The molecule has 74 valence electrons. The number of benzene rings is 1. The molecule has 0 unspecified atom stereocenters. The van der Waals surface area contributed by atoms with E-state index in [1.165, 1.54) is 0 Å². The third kappa shape index (κ3) is 1.15. The Morgan fingerprint density at radius 3 is 2.80 bits per heavy atom. The van der Waals surface area contributed by atoms with E-state index < -0.39 is 0 Å². The maximum atomic E-state index is 4.33. The van der Waals surface area contributed by atoms with Gasteiger partial charge in [0.15, 0.2) is 0 Å². The average molecular weight is 198 g/mol. The number of aryl methyl sites for hydroxylation is 1. The van der Waals surface area contributed by atoms with Crippen molar-refractivity contribution >= 4 is 11.0 Å². The summed E-state index contributed by atoms with van der Waals surface area (Å²) in [5, 5.41) is 0. The molecule has 0 saturated heterocycles. The molecular formula is C11H10N4. The molecule has 0 radical (unpaired) electrons. The van der Waals surface area contributed by atoms with E-state index in [0.29, 0.717) is 0 Å². The van der Waals surface area contributed by atoms with E-state index in [4.69, 9.17) is 0 Å². The zero-order chi connectivity index (χ0) is 10.3. The van der Waals surface area contributed by atoms with Crippen molar-refractivity contribution in [2.75, 3.05) is 0 Å². The minimum absolute atomic E-state index is 0.878. The van der Waals surface area contributed by atoms with Crippen LogP contribution in [0.1, 0.15) is 0 Å². The fourth-order valence-electron chi connectivity index (χ4n) is 1.71. The Morgan fingerprint density at radius 1 is 1.13 bits per heavy atom. The molecule has 4 nitrogen and oxygen atoms in total. The number of fused-ring (bicyclic) bond motifs is 1. The molecule has 4 heteroatoms. The summed E-state index contributed by atoms with van der Waals surface area (Å²) in [4.78, 5) is 8.62. The topological polar surface area (TPSA) is 35.6 Å². The minimum Gasteiger partial charge on any atom is -0.320 e. The molecule has 15 heavy (non-hydrogen) atoms. The van der Waals surface area contributed by atoms with Crippen LogP contribution in [0.15, 0.2) is 43.0 Å². The van der Waals surface area contributed by atoms with Gasteiger partial charge in [-0.15, -0.1) is 0 Å². The Balaban J connectivity index is 2.32. The van der Waals surface area contributed by atoms with Gasteiger partial charge in [-0.1, -0.05) is 12.1 Å². The van der Waals surface area contributed by atoms with Gasteiger partial charge in [-0.25, -0.2) is 9.97 Å². The van der Waals surface area contributed by atoms with E-state index >= 15 is 0 Å². The van der Waals surface area contributed by atoms with Crippen LogP contribution >= 0.6 is 0 Å². The maximum Gasteiger partial charge on any atom is 0.215 e. The highest BCUT2D eigenvalue weighted by atomic mass is 15.2. The number of para-hydroxylation sites is 2. The largest absolute Gasteiger partial charge is 0.320 e. The third-order valence-corrected chi connectivity index (χ3v) is 2.46. The summed E-state index contributed by atoms with van der Waals surface area (Å²) in [6.07, 6.45) is 5.50. The van der Waals surface area contributed by atoms with Gasteiger partial charge in [0.2, 0.25) is 5.95 Å². The Kier molecular flexibility index (Phi) is 1.62. The molecule has 0 N–H and O–H groups in total. The number of hydrogen-bond donors (Lipinski definition) is 0. The molecule has 0 aliphatic carbocycles. The molecular weight excluding hydrogens is 188 g/mol. The molecule has 3 rings (SSSR count). The van der Waals surface area contributed by atoms with Gasteiger partial charge in [-0.3, -0.25) is 4.57 Å². The molecule has 2 heterocycles. The summed E-state index contributed by atoms with van der Waals surface area (Å²) < 4.78 is 3.95. The third-order valence-electron chi connectivity index (χ3n) is 2.46. The fourth-order valence-corrected chi connectivity index (χ4v) is 1.71. The van der Waals surface area contributed by atoms with E-state index in [-0.39, 0.29) is 0 Å². The van der Waals surface area contributed by atoms with Crippen LogP contribution in [0.25, 0.3) is 17.0 Å². The standard InChI is InChI=1S/C11H10N4/c1-14-7-6-12-11(14)15-8-13-9-4-2-3-5-10(9)15/h2-8H,1H3. The first kappa shape index (κ1) is 8.23. The summed E-state index contributed by atoms with van der Waals surface area (Å²) in [5.74, 6) is 0.878. The molecule has 2 aromatic heterocycles. The first-order valence-electron chi connectivity index (χ1n) is 4.76. The highest BCUT2D eigenvalue weighted by Gasteiger charge is 2.06. The summed E-state index contributed by atoms with van der Waals surface area (Å²) >= 11 is 0. The van der Waals surface area contributed by atoms with Gasteiger partial charge < -0.3 is 4.57 Å². The molecule has 0 spiro atoms. The van der Waals surface area contributed by atoms with E-state index in [2.05, 4.69) is 9.97 Å². The molecule has 3 aromatic rings. The Hall–Kier alpha value is -2.10. The van der Waals surface area contributed by atoms with Crippen LogP contribution in [0, 0.1) is 0 Å². The first-order chi connectivity index (χ1) is 7.36. The average Bonchev–Trinajstić information content (AvgIpc) is 2.83. The van der Waals surface area contributed by atoms with Gasteiger partial charge in [-0.05, 0) is 12.1 Å². The van der Waals surface area contributed by atoms with E-state index in [0.717, 1.165) is 17.0 Å². The second-order valence-corrected chi connectivity index (χ2v) is 3.44. The van der Waals surface area contributed by atoms with Gasteiger partial charge in [-0.2, -0.15) is 0 Å². The van der Waals surface area contributed by atoms with Crippen LogP contribution in [-0.2, 0) is 7.05 Å². The van der Waals surface area contributed by atoms with Crippen LogP contribution < -0.4 is 0 Å². The minimum atomic E-state index is 0.878. The molecule has 0 aliphatic rings. The van der Waals surface area contributed by atoms with Crippen molar-refractivity contribution in [1.82, 2.24) is 19.1 Å². The molecule has 0 saturated carbocycles. The van der Waals surface area contributed by atoms with Gasteiger partial charge in [0.25, 0.3) is 0 Å². The van der Waals surface area contributed by atoms with E-state index in [1.54, 1.807) is 12.5 Å². The lowest BCUT2D eigenvalue weighted by molar-refractivity contribution is 0.830. The zero-order valence-corrected chi connectivity index (χ0v) is 8.33. The summed E-state index contributed by atoms with van der Waals surface area (Å²) in [5.41, 5.74) is 2.06. The highest BCUT2D eigenvalue weighted by Crippen LogP contribution is 2.15. The van der Waals surface area contributed by atoms with Gasteiger partial charge in [0, 0.05) is 19.4 Å². The summed E-state index contributed by atoms with van der Waals surface area (Å²) in [6, 6.07) is 8.02. The number of nitrogens with zero attached hydrogens (tertiary/aromatic N) is 4. The summed E-state index contributed by atoms with van der Waals surface area (Å²) in [7, 11) is 1.97. The lowest BCUT2D eigenvalue weighted by Gasteiger charge is -2.02. The van der Waals surface area contributed by atoms with Crippen LogP contribution in [0.2, 0.25) is 0 Å². The number of aromatic nitrogens is 4. The summed E-state index contributed by atoms with van der Waals surface area (Å²) in [6.45, 7) is 0. The van der Waals surface area contributed by atoms with Crippen molar-refractivity contribution in [3.63, 3.8) is 0 Å². The second-order valence-electron chi connectivity index (χ2n) is 3.44. The maximum absolute atomic E-state index is 4.33. The Morgan fingerprint density at radius 2 is 2.00 bits per heavy atom. The lowest BCUT2D eigenvalue weighted by atomic mass is 10.3. The zero-order valence-electron chi connectivity index (χ0n) is 8.33. The first-order valence-corrected chi connectivity index (χ1v) is 4.76. The lowest BCUT2D eigenvalue weighted by Crippen LogP contribution is -2.00. The van der Waals surface area contributed by atoms with Gasteiger partial charge in [0.05, 0.1) is 11.0 Å². The highest BCUT2D eigenvalue weighted by molar-refractivity contribution is 5.76. The number of imidazole rings is 2. The Bertz CT molecular complexity index is 606. The molecule has 0 aliphatic heterocycles. The number of rotatable bonds is 1.